The van der Waals surface area contributed by atoms with Crippen LogP contribution in [0.3, 0.4) is 0 Å². The molecule has 0 bridgehead atoms. The summed E-state index contributed by atoms with van der Waals surface area (Å²) in [5.41, 5.74) is 2.06. The second-order valence-electron chi connectivity index (χ2n) is 4.42. The van der Waals surface area contributed by atoms with E-state index in [0.717, 1.165) is 22.3 Å². The van der Waals surface area contributed by atoms with Gasteiger partial charge in [0.25, 0.3) is 0 Å². The van der Waals surface area contributed by atoms with Gasteiger partial charge in [-0.2, -0.15) is 5.10 Å². The Morgan fingerprint density at radius 1 is 1.43 bits per heavy atom. The van der Waals surface area contributed by atoms with Gasteiger partial charge in [0.2, 0.25) is 0 Å². The molecule has 21 heavy (non-hydrogen) atoms. The van der Waals surface area contributed by atoms with E-state index in [1.807, 2.05) is 14.0 Å². The molecule has 0 saturated carbocycles. The first-order valence-corrected chi connectivity index (χ1v) is 7.88. The molecule has 0 unspecified atom stereocenters. The molecule has 0 aliphatic rings. The van der Waals surface area contributed by atoms with Crippen LogP contribution in [0.4, 0.5) is 0 Å². The van der Waals surface area contributed by atoms with Crippen molar-refractivity contribution in [2.24, 2.45) is 7.05 Å². The molecule has 7 heteroatoms. The zero-order valence-corrected chi connectivity index (χ0v) is 14.7. The Bertz CT molecular complexity index is 683. The topological polar surface area (TPSA) is 64.4 Å². The van der Waals surface area contributed by atoms with Crippen molar-refractivity contribution >= 4 is 37.8 Å². The highest BCUT2D eigenvalue weighted by molar-refractivity contribution is 9.10. The van der Waals surface area contributed by atoms with Crippen LogP contribution in [0.25, 0.3) is 0 Å². The van der Waals surface area contributed by atoms with E-state index < -0.39 is 5.97 Å². The summed E-state index contributed by atoms with van der Waals surface area (Å²) in [6, 6.07) is 4.68. The number of aromatic nitrogens is 2. The molecule has 0 amide bonds. The van der Waals surface area contributed by atoms with Crippen LogP contribution in [0.5, 0.6) is 5.75 Å². The van der Waals surface area contributed by atoms with Gasteiger partial charge >= 0.3 is 5.97 Å². The van der Waals surface area contributed by atoms with E-state index in [-0.39, 0.29) is 5.56 Å². The molecular weight excluding hydrogens is 404 g/mol. The summed E-state index contributed by atoms with van der Waals surface area (Å²) < 4.78 is 9.13. The van der Waals surface area contributed by atoms with Crippen LogP contribution >= 0.6 is 31.9 Å². The number of rotatable bonds is 5. The van der Waals surface area contributed by atoms with Crippen LogP contribution in [0.2, 0.25) is 0 Å². The smallest absolute Gasteiger partial charge is 0.335 e. The third-order valence-electron chi connectivity index (χ3n) is 3.05. The van der Waals surface area contributed by atoms with E-state index in [9.17, 15) is 4.79 Å². The van der Waals surface area contributed by atoms with E-state index in [1.54, 1.807) is 10.7 Å². The number of carbonyl (C=O) groups is 1. The van der Waals surface area contributed by atoms with Gasteiger partial charge in [0.15, 0.2) is 0 Å². The minimum Gasteiger partial charge on any atom is -0.486 e. The maximum Gasteiger partial charge on any atom is 0.335 e. The highest BCUT2D eigenvalue weighted by Crippen LogP contribution is 2.28. The molecule has 0 atom stereocenters. The van der Waals surface area contributed by atoms with E-state index in [0.29, 0.717) is 16.8 Å². The van der Waals surface area contributed by atoms with Gasteiger partial charge in [0, 0.05) is 7.05 Å². The Hall–Kier alpha value is -1.34. The first kappa shape index (κ1) is 16.0. The standard InChI is InChI=1S/C14H14Br2N2O3/c1-3-10-13(16)11(18(2)17-10)7-21-12-6-8(14(19)20)4-5-9(12)15/h4-6H,3,7H2,1-2H3,(H,19,20). The van der Waals surface area contributed by atoms with Crippen LogP contribution in [0.1, 0.15) is 28.7 Å². The fourth-order valence-corrected chi connectivity index (χ4v) is 2.96. The zero-order valence-electron chi connectivity index (χ0n) is 11.6. The van der Waals surface area contributed by atoms with Crippen LogP contribution in [0.15, 0.2) is 27.1 Å². The van der Waals surface area contributed by atoms with Gasteiger partial charge < -0.3 is 9.84 Å². The molecule has 0 aliphatic heterocycles. The van der Waals surface area contributed by atoms with E-state index in [1.165, 1.54) is 12.1 Å². The van der Waals surface area contributed by atoms with Gasteiger partial charge in [-0.1, -0.05) is 6.92 Å². The number of carboxylic acid groups (broad SMARTS) is 1. The van der Waals surface area contributed by atoms with Crippen LogP contribution in [-0.2, 0) is 20.1 Å². The third-order valence-corrected chi connectivity index (χ3v) is 4.62. The van der Waals surface area contributed by atoms with E-state index in [2.05, 4.69) is 37.0 Å². The minimum atomic E-state index is -0.984. The van der Waals surface area contributed by atoms with Crippen LogP contribution in [0, 0.1) is 0 Å². The van der Waals surface area contributed by atoms with Crippen molar-refractivity contribution in [3.63, 3.8) is 0 Å². The third kappa shape index (κ3) is 3.47. The Morgan fingerprint density at radius 2 is 2.14 bits per heavy atom. The lowest BCUT2D eigenvalue weighted by Crippen LogP contribution is -2.05. The lowest BCUT2D eigenvalue weighted by atomic mass is 10.2. The largest absolute Gasteiger partial charge is 0.486 e. The highest BCUT2D eigenvalue weighted by Gasteiger charge is 2.14. The number of aryl methyl sites for hydroxylation is 2. The van der Waals surface area contributed by atoms with E-state index >= 15 is 0 Å². The molecule has 1 N–H and O–H groups in total. The maximum atomic E-state index is 11.0. The summed E-state index contributed by atoms with van der Waals surface area (Å²) in [4.78, 5) is 11.0. The van der Waals surface area contributed by atoms with Gasteiger partial charge in [-0.3, -0.25) is 4.68 Å². The summed E-state index contributed by atoms with van der Waals surface area (Å²) in [5.74, 6) is -0.497. The van der Waals surface area contributed by atoms with Gasteiger partial charge in [0.05, 0.1) is 25.9 Å². The summed E-state index contributed by atoms with van der Waals surface area (Å²) >= 11 is 6.88. The van der Waals surface area contributed by atoms with Gasteiger partial charge in [-0.25, -0.2) is 4.79 Å². The average molecular weight is 418 g/mol. The Kier molecular flexibility index (Phi) is 5.05. The molecule has 2 aromatic rings. The number of aromatic carboxylic acids is 1. The van der Waals surface area contributed by atoms with Crippen LogP contribution < -0.4 is 4.74 Å². The van der Waals surface area contributed by atoms with Crippen molar-refractivity contribution in [2.75, 3.05) is 0 Å². The van der Waals surface area contributed by atoms with Crippen molar-refractivity contribution in [1.29, 1.82) is 0 Å². The normalized spacial score (nSPS) is 10.7. The fraction of sp³-hybridized carbons (Fsp3) is 0.286. The number of nitrogens with zero attached hydrogens (tertiary/aromatic N) is 2. The van der Waals surface area contributed by atoms with Crippen molar-refractivity contribution in [3.8, 4) is 5.75 Å². The Labute approximate surface area is 139 Å². The average Bonchev–Trinajstić information content (AvgIpc) is 2.72. The zero-order chi connectivity index (χ0) is 15.6. The number of halogens is 2. The molecule has 1 aromatic carbocycles. The molecule has 1 aromatic heterocycles. The molecule has 0 saturated heterocycles. The molecule has 112 valence electrons. The predicted molar refractivity (Wildman–Crippen MR) is 85.7 cm³/mol. The van der Waals surface area contributed by atoms with Crippen molar-refractivity contribution in [1.82, 2.24) is 9.78 Å². The fourth-order valence-electron chi connectivity index (χ4n) is 1.87. The van der Waals surface area contributed by atoms with Gasteiger partial charge in [0.1, 0.15) is 12.4 Å². The number of hydrogen-bond donors (Lipinski definition) is 1. The number of benzene rings is 1. The van der Waals surface area contributed by atoms with Crippen molar-refractivity contribution < 1.29 is 14.6 Å². The number of hydrogen-bond acceptors (Lipinski definition) is 3. The molecule has 0 fully saturated rings. The monoisotopic (exact) mass is 416 g/mol. The first-order valence-electron chi connectivity index (χ1n) is 6.30. The molecular formula is C14H14Br2N2O3. The molecule has 0 radical (unpaired) electrons. The maximum absolute atomic E-state index is 11.0. The predicted octanol–water partition coefficient (Wildman–Crippen LogP) is 3.78. The van der Waals surface area contributed by atoms with Gasteiger partial charge in [-0.15, -0.1) is 0 Å². The van der Waals surface area contributed by atoms with Crippen molar-refractivity contribution in [3.05, 3.63) is 44.1 Å². The van der Waals surface area contributed by atoms with Crippen LogP contribution in [-0.4, -0.2) is 20.9 Å². The van der Waals surface area contributed by atoms with Gasteiger partial charge in [-0.05, 0) is 56.5 Å². The number of ether oxygens (including phenoxy) is 1. The Morgan fingerprint density at radius 3 is 2.71 bits per heavy atom. The molecule has 2 rings (SSSR count). The molecule has 0 spiro atoms. The Balaban J connectivity index is 2.22. The highest BCUT2D eigenvalue weighted by atomic mass is 79.9. The summed E-state index contributed by atoms with van der Waals surface area (Å²) in [7, 11) is 1.85. The lowest BCUT2D eigenvalue weighted by molar-refractivity contribution is 0.0696. The second-order valence-corrected chi connectivity index (χ2v) is 6.07. The lowest BCUT2D eigenvalue weighted by Gasteiger charge is -2.09. The molecule has 5 nitrogen and oxygen atoms in total. The molecule has 0 aliphatic carbocycles. The molecule has 1 heterocycles. The minimum absolute atomic E-state index is 0.187. The SMILES string of the molecule is CCc1nn(C)c(COc2cc(C(=O)O)ccc2Br)c1Br. The quantitative estimate of drug-likeness (QED) is 0.803. The summed E-state index contributed by atoms with van der Waals surface area (Å²) in [5, 5.41) is 13.4. The first-order chi connectivity index (χ1) is 9.93. The summed E-state index contributed by atoms with van der Waals surface area (Å²) in [6.07, 6.45) is 0.826. The number of carboxylic acids is 1. The second kappa shape index (κ2) is 6.62. The van der Waals surface area contributed by atoms with Crippen molar-refractivity contribution in [2.45, 2.75) is 20.0 Å². The van der Waals surface area contributed by atoms with E-state index in [4.69, 9.17) is 9.84 Å². The summed E-state index contributed by atoms with van der Waals surface area (Å²) in [6.45, 7) is 2.33.